The molecule has 2 nitrogen and oxygen atoms in total. The molecule has 0 aliphatic carbocycles. The van der Waals surface area contributed by atoms with E-state index in [-0.39, 0.29) is 5.78 Å². The Bertz CT molecular complexity index is 573. The first-order valence-corrected chi connectivity index (χ1v) is 6.74. The van der Waals surface area contributed by atoms with Gasteiger partial charge in [-0.15, -0.1) is 0 Å². The van der Waals surface area contributed by atoms with Crippen LogP contribution in [0.4, 0.5) is 0 Å². The topological polar surface area (TPSA) is 20.3 Å². The lowest BCUT2D eigenvalue weighted by Crippen LogP contribution is -2.36. The maximum Gasteiger partial charge on any atom is 0.193 e. The van der Waals surface area contributed by atoms with Crippen molar-refractivity contribution >= 4 is 5.78 Å². The fourth-order valence-corrected chi connectivity index (χ4v) is 2.41. The number of carbonyl (C=O) groups excluding carboxylic acids is 1. The molecule has 1 aliphatic heterocycles. The number of nitrogens with zero attached hydrogens (tertiary/aromatic N) is 1. The lowest BCUT2D eigenvalue weighted by Gasteiger charge is -2.31. The molecule has 0 bridgehead atoms. The number of benzene rings is 2. The van der Waals surface area contributed by atoms with E-state index in [0.29, 0.717) is 0 Å². The van der Waals surface area contributed by atoms with E-state index in [1.807, 2.05) is 48.5 Å². The molecule has 2 aromatic rings. The summed E-state index contributed by atoms with van der Waals surface area (Å²) >= 11 is 0. The summed E-state index contributed by atoms with van der Waals surface area (Å²) in [5.41, 5.74) is 2.73. The van der Waals surface area contributed by atoms with E-state index in [4.69, 9.17) is 0 Å². The third kappa shape index (κ3) is 2.59. The van der Waals surface area contributed by atoms with E-state index in [2.05, 4.69) is 11.0 Å². The lowest BCUT2D eigenvalue weighted by molar-refractivity contribution is 0.103. The van der Waals surface area contributed by atoms with Crippen molar-refractivity contribution in [1.29, 1.82) is 0 Å². The molecule has 19 heavy (non-hydrogen) atoms. The van der Waals surface area contributed by atoms with Crippen molar-refractivity contribution in [1.82, 2.24) is 4.90 Å². The van der Waals surface area contributed by atoms with Crippen LogP contribution in [0.25, 0.3) is 0 Å². The van der Waals surface area contributed by atoms with Crippen LogP contribution in [-0.4, -0.2) is 23.8 Å². The molecular weight excluding hydrogens is 234 g/mol. The predicted octanol–water partition coefficient (Wildman–Crippen LogP) is 3.12. The van der Waals surface area contributed by atoms with Gasteiger partial charge in [0.1, 0.15) is 0 Å². The molecule has 2 aromatic carbocycles. The van der Waals surface area contributed by atoms with Crippen molar-refractivity contribution in [3.05, 3.63) is 71.3 Å². The summed E-state index contributed by atoms with van der Waals surface area (Å²) < 4.78 is 0. The lowest BCUT2D eigenvalue weighted by atomic mass is 9.97. The van der Waals surface area contributed by atoms with Crippen molar-refractivity contribution in [3.63, 3.8) is 0 Å². The summed E-state index contributed by atoms with van der Waals surface area (Å²) in [5.74, 6) is 0.122. The molecule has 96 valence electrons. The fraction of sp³-hybridized carbons (Fsp3) is 0.235. The third-order valence-corrected chi connectivity index (χ3v) is 3.64. The Morgan fingerprint density at radius 1 is 0.947 bits per heavy atom. The second kappa shape index (κ2) is 5.37. The first-order chi connectivity index (χ1) is 9.34. The second-order valence-electron chi connectivity index (χ2n) is 4.98. The molecule has 0 aromatic heterocycles. The van der Waals surface area contributed by atoms with Crippen LogP contribution in [0.2, 0.25) is 0 Å². The van der Waals surface area contributed by atoms with Crippen LogP contribution in [0.15, 0.2) is 54.6 Å². The Morgan fingerprint density at radius 2 is 1.63 bits per heavy atom. The van der Waals surface area contributed by atoms with Gasteiger partial charge in [-0.2, -0.15) is 0 Å². The van der Waals surface area contributed by atoms with Crippen LogP contribution >= 0.6 is 0 Å². The Labute approximate surface area is 113 Å². The first-order valence-electron chi connectivity index (χ1n) is 6.74. The SMILES string of the molecule is O=C(c1ccccc1)c1ccccc1CN1CCC1. The van der Waals surface area contributed by atoms with Gasteiger partial charge in [-0.3, -0.25) is 9.69 Å². The minimum Gasteiger partial charge on any atom is -0.299 e. The Kier molecular flexibility index (Phi) is 3.43. The van der Waals surface area contributed by atoms with Gasteiger partial charge in [0, 0.05) is 17.7 Å². The normalized spacial score (nSPS) is 14.9. The van der Waals surface area contributed by atoms with Gasteiger partial charge >= 0.3 is 0 Å². The summed E-state index contributed by atoms with van der Waals surface area (Å²) in [6.45, 7) is 3.18. The number of ketones is 1. The van der Waals surface area contributed by atoms with Crippen LogP contribution in [-0.2, 0) is 6.54 Å². The minimum absolute atomic E-state index is 0.122. The Morgan fingerprint density at radius 3 is 2.32 bits per heavy atom. The second-order valence-corrected chi connectivity index (χ2v) is 4.98. The van der Waals surface area contributed by atoms with Crippen LogP contribution in [0.5, 0.6) is 0 Å². The van der Waals surface area contributed by atoms with E-state index in [1.165, 1.54) is 6.42 Å². The molecule has 1 aliphatic rings. The smallest absolute Gasteiger partial charge is 0.193 e. The van der Waals surface area contributed by atoms with E-state index in [0.717, 1.165) is 36.3 Å². The summed E-state index contributed by atoms with van der Waals surface area (Å²) in [5, 5.41) is 0. The summed E-state index contributed by atoms with van der Waals surface area (Å²) in [6.07, 6.45) is 1.27. The summed E-state index contributed by atoms with van der Waals surface area (Å²) in [7, 11) is 0. The van der Waals surface area contributed by atoms with Crippen LogP contribution in [0, 0.1) is 0 Å². The molecule has 3 rings (SSSR count). The number of rotatable bonds is 4. The van der Waals surface area contributed by atoms with Gasteiger partial charge in [-0.25, -0.2) is 0 Å². The van der Waals surface area contributed by atoms with E-state index < -0.39 is 0 Å². The van der Waals surface area contributed by atoms with Gasteiger partial charge in [0.15, 0.2) is 5.78 Å². The summed E-state index contributed by atoms with van der Waals surface area (Å²) in [4.78, 5) is 14.9. The molecular formula is C17H17NO. The highest BCUT2D eigenvalue weighted by molar-refractivity contribution is 6.09. The predicted molar refractivity (Wildman–Crippen MR) is 76.2 cm³/mol. The molecule has 1 fully saturated rings. The van der Waals surface area contributed by atoms with E-state index in [9.17, 15) is 4.79 Å². The zero-order valence-corrected chi connectivity index (χ0v) is 10.9. The average molecular weight is 251 g/mol. The fourth-order valence-electron chi connectivity index (χ4n) is 2.41. The highest BCUT2D eigenvalue weighted by Crippen LogP contribution is 2.19. The van der Waals surface area contributed by atoms with Crippen molar-refractivity contribution in [2.24, 2.45) is 0 Å². The zero-order valence-electron chi connectivity index (χ0n) is 10.9. The molecule has 0 amide bonds. The van der Waals surface area contributed by atoms with Crippen molar-refractivity contribution in [2.75, 3.05) is 13.1 Å². The van der Waals surface area contributed by atoms with Crippen molar-refractivity contribution < 1.29 is 4.79 Å². The van der Waals surface area contributed by atoms with Gasteiger partial charge < -0.3 is 0 Å². The molecule has 1 heterocycles. The molecule has 0 spiro atoms. The standard InChI is InChI=1S/C17H17NO/c19-17(14-7-2-1-3-8-14)16-10-5-4-9-15(16)13-18-11-6-12-18/h1-5,7-10H,6,11-13H2. The molecule has 2 heteroatoms. The first kappa shape index (κ1) is 12.1. The molecule has 1 saturated heterocycles. The van der Waals surface area contributed by atoms with E-state index in [1.54, 1.807) is 0 Å². The monoisotopic (exact) mass is 251 g/mol. The number of carbonyl (C=O) groups is 1. The van der Waals surface area contributed by atoms with E-state index >= 15 is 0 Å². The maximum atomic E-state index is 12.5. The van der Waals surface area contributed by atoms with Gasteiger partial charge in [-0.1, -0.05) is 54.6 Å². The van der Waals surface area contributed by atoms with Gasteiger partial charge in [0.2, 0.25) is 0 Å². The van der Waals surface area contributed by atoms with Crippen LogP contribution in [0.3, 0.4) is 0 Å². The molecule has 0 atom stereocenters. The number of hydrogen-bond acceptors (Lipinski definition) is 2. The number of likely N-dealkylation sites (tertiary alicyclic amines) is 1. The van der Waals surface area contributed by atoms with Crippen LogP contribution < -0.4 is 0 Å². The number of hydrogen-bond donors (Lipinski definition) is 0. The van der Waals surface area contributed by atoms with Crippen molar-refractivity contribution in [3.8, 4) is 0 Å². The molecule has 0 N–H and O–H groups in total. The largest absolute Gasteiger partial charge is 0.299 e. The van der Waals surface area contributed by atoms with Crippen molar-refractivity contribution in [2.45, 2.75) is 13.0 Å². The molecule has 0 radical (unpaired) electrons. The zero-order chi connectivity index (χ0) is 13.1. The highest BCUT2D eigenvalue weighted by atomic mass is 16.1. The van der Waals surface area contributed by atoms with Gasteiger partial charge in [0.05, 0.1) is 0 Å². The highest BCUT2D eigenvalue weighted by Gasteiger charge is 2.18. The third-order valence-electron chi connectivity index (χ3n) is 3.64. The van der Waals surface area contributed by atoms with Gasteiger partial charge in [-0.05, 0) is 25.1 Å². The summed E-state index contributed by atoms with van der Waals surface area (Å²) in [6, 6.07) is 17.5. The minimum atomic E-state index is 0.122. The molecule has 0 unspecified atom stereocenters. The average Bonchev–Trinajstić information content (AvgIpc) is 2.43. The molecule has 0 saturated carbocycles. The van der Waals surface area contributed by atoms with Gasteiger partial charge in [0.25, 0.3) is 0 Å². The van der Waals surface area contributed by atoms with Crippen LogP contribution in [0.1, 0.15) is 27.9 Å². The Hall–Kier alpha value is -1.93. The Balaban J connectivity index is 1.89. The quantitative estimate of drug-likeness (QED) is 0.778. The maximum absolute atomic E-state index is 12.5.